The molecule has 1 fully saturated rings. The highest BCUT2D eigenvalue weighted by atomic mass is 19.3. The van der Waals surface area contributed by atoms with Crippen LogP contribution in [-0.4, -0.2) is 29.9 Å². The van der Waals surface area contributed by atoms with E-state index < -0.39 is 17.6 Å². The van der Waals surface area contributed by atoms with E-state index in [2.05, 4.69) is 10.3 Å². The van der Waals surface area contributed by atoms with Gasteiger partial charge in [0.2, 0.25) is 5.92 Å². The number of halogens is 3. The van der Waals surface area contributed by atoms with Gasteiger partial charge in [-0.05, 0) is 43.7 Å². The number of hydrogen-bond acceptors (Lipinski definition) is 4. The molecule has 28 heavy (non-hydrogen) atoms. The molecule has 1 aliphatic rings. The van der Waals surface area contributed by atoms with Crippen molar-refractivity contribution in [2.24, 2.45) is 0 Å². The lowest BCUT2D eigenvalue weighted by Gasteiger charge is -2.24. The van der Waals surface area contributed by atoms with Crippen molar-refractivity contribution in [1.29, 1.82) is 5.26 Å². The topological polar surface area (TPSA) is 69.0 Å². The molecule has 1 amide bonds. The van der Waals surface area contributed by atoms with E-state index in [0.717, 1.165) is 6.07 Å². The van der Waals surface area contributed by atoms with Crippen LogP contribution in [0.15, 0.2) is 30.3 Å². The molecular formula is C20H19F3N4O. The summed E-state index contributed by atoms with van der Waals surface area (Å²) in [7, 11) is 0. The van der Waals surface area contributed by atoms with Gasteiger partial charge in [-0.3, -0.25) is 4.79 Å². The second-order valence-electron chi connectivity index (χ2n) is 6.78. The Morgan fingerprint density at radius 2 is 2.04 bits per heavy atom. The molecule has 0 radical (unpaired) electrons. The number of pyridine rings is 1. The van der Waals surface area contributed by atoms with Gasteiger partial charge in [-0.25, -0.2) is 18.2 Å². The van der Waals surface area contributed by atoms with Crippen molar-refractivity contribution in [3.8, 4) is 6.07 Å². The Morgan fingerprint density at radius 3 is 2.79 bits per heavy atom. The SMILES string of the molecule is Cc1ccc(C(=O)Nc2ccc(F)c(C#N)c2)c(N2CCCC(F)(F)CC2)n1. The molecule has 1 aliphatic heterocycles. The minimum Gasteiger partial charge on any atom is -0.356 e. The Labute approximate surface area is 160 Å². The smallest absolute Gasteiger partial charge is 0.259 e. The zero-order valence-electron chi connectivity index (χ0n) is 15.3. The second kappa shape index (κ2) is 7.89. The fraction of sp³-hybridized carbons (Fsp3) is 0.350. The lowest BCUT2D eigenvalue weighted by molar-refractivity contribution is -0.0102. The normalized spacial score (nSPS) is 16.2. The molecule has 5 nitrogen and oxygen atoms in total. The van der Waals surface area contributed by atoms with Crippen LogP contribution in [0.3, 0.4) is 0 Å². The summed E-state index contributed by atoms with van der Waals surface area (Å²) in [5.74, 6) is -3.56. The number of nitrogens with zero attached hydrogens (tertiary/aromatic N) is 3. The third-order valence-corrected chi connectivity index (χ3v) is 4.62. The van der Waals surface area contributed by atoms with Gasteiger partial charge in [0.05, 0.1) is 11.1 Å². The summed E-state index contributed by atoms with van der Waals surface area (Å²) in [4.78, 5) is 18.9. The monoisotopic (exact) mass is 388 g/mol. The lowest BCUT2D eigenvalue weighted by atomic mass is 10.1. The molecule has 146 valence electrons. The largest absolute Gasteiger partial charge is 0.356 e. The minimum absolute atomic E-state index is 0.0961. The van der Waals surface area contributed by atoms with E-state index in [1.807, 2.05) is 0 Å². The summed E-state index contributed by atoms with van der Waals surface area (Å²) in [5.41, 5.74) is 0.974. The Hall–Kier alpha value is -3.08. The van der Waals surface area contributed by atoms with E-state index in [9.17, 15) is 18.0 Å². The fourth-order valence-electron chi connectivity index (χ4n) is 3.12. The standard InChI is InChI=1S/C20H19F3N4O/c1-13-3-5-16(18(25-13)27-9-2-7-20(22,23)8-10-27)19(28)26-15-4-6-17(21)14(11-15)12-24/h3-6,11H,2,7-10H2,1H3,(H,26,28). The van der Waals surface area contributed by atoms with E-state index in [0.29, 0.717) is 24.5 Å². The van der Waals surface area contributed by atoms with E-state index in [4.69, 9.17) is 5.26 Å². The molecule has 8 heteroatoms. The van der Waals surface area contributed by atoms with Gasteiger partial charge in [-0.2, -0.15) is 5.26 Å². The molecule has 1 N–H and O–H groups in total. The molecule has 0 atom stereocenters. The van der Waals surface area contributed by atoms with Gasteiger partial charge < -0.3 is 10.2 Å². The molecular weight excluding hydrogens is 369 g/mol. The number of aromatic nitrogens is 1. The van der Waals surface area contributed by atoms with Crippen LogP contribution in [-0.2, 0) is 0 Å². The zero-order chi connectivity index (χ0) is 20.3. The molecule has 1 aromatic carbocycles. The molecule has 0 saturated carbocycles. The Morgan fingerprint density at radius 1 is 1.25 bits per heavy atom. The van der Waals surface area contributed by atoms with Crippen molar-refractivity contribution in [1.82, 2.24) is 4.98 Å². The number of alkyl halides is 2. The number of rotatable bonds is 3. The van der Waals surface area contributed by atoms with Crippen LogP contribution >= 0.6 is 0 Å². The molecule has 0 unspecified atom stereocenters. The van der Waals surface area contributed by atoms with E-state index in [-0.39, 0.29) is 36.2 Å². The first kappa shape index (κ1) is 19.7. The first-order chi connectivity index (χ1) is 13.3. The summed E-state index contributed by atoms with van der Waals surface area (Å²) >= 11 is 0. The highest BCUT2D eigenvalue weighted by Gasteiger charge is 2.33. The zero-order valence-corrected chi connectivity index (χ0v) is 15.3. The Kier molecular flexibility index (Phi) is 5.54. The van der Waals surface area contributed by atoms with E-state index in [1.54, 1.807) is 30.0 Å². The predicted octanol–water partition coefficient (Wildman–Crippen LogP) is 4.28. The van der Waals surface area contributed by atoms with Gasteiger partial charge in [0.1, 0.15) is 17.7 Å². The third-order valence-electron chi connectivity index (χ3n) is 4.62. The minimum atomic E-state index is -2.72. The molecule has 2 aromatic rings. The maximum Gasteiger partial charge on any atom is 0.259 e. The quantitative estimate of drug-likeness (QED) is 0.852. The molecule has 0 spiro atoms. The highest BCUT2D eigenvalue weighted by Crippen LogP contribution is 2.31. The van der Waals surface area contributed by atoms with Gasteiger partial charge in [0.25, 0.3) is 5.91 Å². The van der Waals surface area contributed by atoms with Gasteiger partial charge in [-0.15, -0.1) is 0 Å². The number of anilines is 2. The van der Waals surface area contributed by atoms with Crippen LogP contribution in [0.5, 0.6) is 0 Å². The maximum atomic E-state index is 13.7. The molecule has 1 saturated heterocycles. The van der Waals surface area contributed by atoms with Gasteiger partial charge >= 0.3 is 0 Å². The summed E-state index contributed by atoms with van der Waals surface area (Å²) in [6, 6.07) is 8.65. The average molecular weight is 388 g/mol. The van der Waals surface area contributed by atoms with Crippen LogP contribution in [0.4, 0.5) is 24.7 Å². The summed E-state index contributed by atoms with van der Waals surface area (Å²) in [6.07, 6.45) is -0.191. The number of hydrogen-bond donors (Lipinski definition) is 1. The molecule has 3 rings (SSSR count). The van der Waals surface area contributed by atoms with Crippen LogP contribution in [0.1, 0.15) is 40.9 Å². The molecule has 0 bridgehead atoms. The van der Waals surface area contributed by atoms with Crippen molar-refractivity contribution < 1.29 is 18.0 Å². The first-order valence-electron chi connectivity index (χ1n) is 8.90. The highest BCUT2D eigenvalue weighted by molar-refractivity contribution is 6.07. The van der Waals surface area contributed by atoms with Crippen LogP contribution in [0, 0.1) is 24.1 Å². The van der Waals surface area contributed by atoms with Crippen LogP contribution < -0.4 is 10.2 Å². The van der Waals surface area contributed by atoms with Crippen LogP contribution in [0.2, 0.25) is 0 Å². The first-order valence-corrected chi connectivity index (χ1v) is 8.90. The van der Waals surface area contributed by atoms with Gasteiger partial charge in [0, 0.05) is 37.3 Å². The summed E-state index contributed by atoms with van der Waals surface area (Å²) in [5, 5.41) is 11.5. The third kappa shape index (κ3) is 4.42. The van der Waals surface area contributed by atoms with Crippen LogP contribution in [0.25, 0.3) is 0 Å². The number of nitrogens with one attached hydrogen (secondary N) is 1. The number of aryl methyl sites for hydroxylation is 1. The van der Waals surface area contributed by atoms with Crippen molar-refractivity contribution in [2.45, 2.75) is 32.1 Å². The Bertz CT molecular complexity index is 940. The van der Waals surface area contributed by atoms with Crippen molar-refractivity contribution in [3.63, 3.8) is 0 Å². The molecule has 2 heterocycles. The van der Waals surface area contributed by atoms with Gasteiger partial charge in [0.15, 0.2) is 0 Å². The number of nitriles is 1. The van der Waals surface area contributed by atoms with Crippen molar-refractivity contribution in [2.75, 3.05) is 23.3 Å². The number of carbonyl (C=O) groups excluding carboxylic acids is 1. The maximum absolute atomic E-state index is 13.7. The molecule has 1 aromatic heterocycles. The van der Waals surface area contributed by atoms with E-state index in [1.165, 1.54) is 12.1 Å². The van der Waals surface area contributed by atoms with E-state index >= 15 is 0 Å². The van der Waals surface area contributed by atoms with Gasteiger partial charge in [-0.1, -0.05) is 0 Å². The predicted molar refractivity (Wildman–Crippen MR) is 99.1 cm³/mol. The summed E-state index contributed by atoms with van der Waals surface area (Å²) in [6.45, 7) is 2.23. The molecule has 0 aliphatic carbocycles. The summed E-state index contributed by atoms with van der Waals surface area (Å²) < 4.78 is 40.9. The fourth-order valence-corrected chi connectivity index (χ4v) is 3.12. The second-order valence-corrected chi connectivity index (χ2v) is 6.78. The number of benzene rings is 1. The average Bonchev–Trinajstić information content (AvgIpc) is 2.83. The Balaban J connectivity index is 1.88. The number of amides is 1. The number of carbonyl (C=O) groups is 1. The lowest BCUT2D eigenvalue weighted by Crippen LogP contribution is -2.29. The van der Waals surface area contributed by atoms with Crippen molar-refractivity contribution >= 4 is 17.4 Å². The van der Waals surface area contributed by atoms with Crippen molar-refractivity contribution in [3.05, 3.63) is 53.0 Å².